The molecule has 5 rings (SSSR count). The predicted molar refractivity (Wildman–Crippen MR) is 110 cm³/mol. The van der Waals surface area contributed by atoms with E-state index < -0.39 is 0 Å². The van der Waals surface area contributed by atoms with Gasteiger partial charge in [0.1, 0.15) is 10.9 Å². The Hall–Kier alpha value is -3.31. The van der Waals surface area contributed by atoms with E-state index in [-0.39, 0.29) is 5.91 Å². The molecule has 0 saturated carbocycles. The lowest BCUT2D eigenvalue weighted by atomic mass is 10.1. The van der Waals surface area contributed by atoms with Gasteiger partial charge in [-0.3, -0.25) is 4.79 Å². The van der Waals surface area contributed by atoms with Crippen LogP contribution in [0.3, 0.4) is 0 Å². The van der Waals surface area contributed by atoms with Crippen LogP contribution in [0.15, 0.2) is 65.8 Å². The number of benzene rings is 3. The standard InChI is InChI=1S/C23H20N4O/c1-26(2)14-13-20(28)25-27-19-12-4-3-11-18(19)24-22-16-9-5-7-15-8-6-10-17(21(15)16)23(22)27/h3-12H,13-14H2,1-2H3/p+1. The molecular weight excluding hydrogens is 348 g/mol. The van der Waals surface area contributed by atoms with Gasteiger partial charge in [-0.1, -0.05) is 42.5 Å². The Balaban J connectivity index is 1.97. The lowest BCUT2D eigenvalue weighted by molar-refractivity contribution is -0.523. The van der Waals surface area contributed by atoms with E-state index in [0.29, 0.717) is 13.0 Å². The van der Waals surface area contributed by atoms with Crippen LogP contribution in [-0.4, -0.2) is 36.4 Å². The first-order chi connectivity index (χ1) is 13.6. The summed E-state index contributed by atoms with van der Waals surface area (Å²) >= 11 is 0. The zero-order chi connectivity index (χ0) is 19.3. The van der Waals surface area contributed by atoms with Crippen LogP contribution in [0.5, 0.6) is 0 Å². The molecule has 5 heteroatoms. The molecule has 1 heterocycles. The third kappa shape index (κ3) is 2.55. The van der Waals surface area contributed by atoms with Crippen LogP contribution in [0.2, 0.25) is 0 Å². The Morgan fingerprint density at radius 3 is 2.54 bits per heavy atom. The molecule has 1 amide bonds. The molecule has 1 N–H and O–H groups in total. The highest BCUT2D eigenvalue weighted by Gasteiger charge is 2.19. The minimum atomic E-state index is -0.125. The van der Waals surface area contributed by atoms with E-state index in [4.69, 9.17) is 0 Å². The number of rotatable bonds is 3. The molecule has 0 fully saturated rings. The topological polar surface area (TPSA) is 54.4 Å². The number of nitrogens with zero attached hydrogens (tertiary/aromatic N) is 3. The maximum Gasteiger partial charge on any atom is 0.310 e. The highest BCUT2D eigenvalue weighted by molar-refractivity contribution is 6.11. The highest BCUT2D eigenvalue weighted by Crippen LogP contribution is 2.30. The summed E-state index contributed by atoms with van der Waals surface area (Å²) in [7, 11) is 3.92. The molecule has 138 valence electrons. The van der Waals surface area contributed by atoms with Crippen LogP contribution in [-0.2, 0) is 4.79 Å². The molecule has 1 aliphatic heterocycles. The lowest BCUT2D eigenvalue weighted by Gasteiger charge is -2.04. The number of para-hydroxylation sites is 2. The first-order valence-corrected chi connectivity index (χ1v) is 9.45. The fraction of sp³-hybridized carbons (Fsp3) is 0.174. The van der Waals surface area contributed by atoms with Gasteiger partial charge in [0.2, 0.25) is 0 Å². The van der Waals surface area contributed by atoms with E-state index in [1.807, 2.05) is 47.6 Å². The third-order valence-electron chi connectivity index (χ3n) is 5.25. The summed E-state index contributed by atoms with van der Waals surface area (Å²) in [5.74, 6) is -0.125. The number of hydrogen-bond acceptors (Lipinski definition) is 2. The van der Waals surface area contributed by atoms with Crippen LogP contribution in [0, 0.1) is 10.7 Å². The Morgan fingerprint density at radius 2 is 1.75 bits per heavy atom. The first kappa shape index (κ1) is 16.8. The van der Waals surface area contributed by atoms with Crippen LogP contribution in [0.1, 0.15) is 6.42 Å². The minimum Gasteiger partial charge on any atom is -0.344 e. The van der Waals surface area contributed by atoms with E-state index in [1.54, 1.807) is 0 Å². The largest absolute Gasteiger partial charge is 0.344 e. The molecular formula is C23H21N4O+. The van der Waals surface area contributed by atoms with Crippen molar-refractivity contribution in [1.29, 1.82) is 0 Å². The number of nitrogens with one attached hydrogen (secondary N) is 1. The molecule has 0 atom stereocenters. The van der Waals surface area contributed by atoms with Crippen molar-refractivity contribution in [2.75, 3.05) is 20.6 Å². The number of carbonyl (C=O) groups excluding carboxylic acids is 1. The second-order valence-corrected chi connectivity index (χ2v) is 7.43. The quantitative estimate of drug-likeness (QED) is 0.493. The monoisotopic (exact) mass is 369 g/mol. The number of hydrogen-bond donors (Lipinski definition) is 1. The van der Waals surface area contributed by atoms with E-state index in [1.165, 1.54) is 10.8 Å². The molecule has 28 heavy (non-hydrogen) atoms. The second-order valence-electron chi connectivity index (χ2n) is 7.43. The fourth-order valence-electron chi connectivity index (χ4n) is 3.96. The zero-order valence-electron chi connectivity index (χ0n) is 15.9. The smallest absolute Gasteiger partial charge is 0.310 e. The Labute approximate surface area is 161 Å². The SMILES string of the molecule is CN(C)CCC(=O)N=[n+]1c2c3cccc4cccc(c=2[nH]c2ccccc21)c43. The van der Waals surface area contributed by atoms with Crippen LogP contribution in [0.25, 0.3) is 32.6 Å². The van der Waals surface area contributed by atoms with E-state index in [0.717, 1.165) is 32.5 Å². The predicted octanol–water partition coefficient (Wildman–Crippen LogP) is 3.72. The van der Waals surface area contributed by atoms with Crippen molar-refractivity contribution >= 4 is 38.5 Å². The van der Waals surface area contributed by atoms with Gasteiger partial charge in [0.25, 0.3) is 10.9 Å². The number of amides is 1. The lowest BCUT2D eigenvalue weighted by Crippen LogP contribution is -2.25. The Bertz CT molecular complexity index is 1460. The number of fused-ring (bicyclic) bond motifs is 3. The highest BCUT2D eigenvalue weighted by atomic mass is 16.1. The normalized spacial score (nSPS) is 12.9. The van der Waals surface area contributed by atoms with Crippen molar-refractivity contribution in [1.82, 2.24) is 9.88 Å². The zero-order valence-corrected chi connectivity index (χ0v) is 15.9. The molecule has 2 aliphatic rings. The molecule has 0 spiro atoms. The summed E-state index contributed by atoms with van der Waals surface area (Å²) < 4.78 is 1.83. The molecule has 5 nitrogen and oxygen atoms in total. The van der Waals surface area contributed by atoms with Crippen molar-refractivity contribution in [3.8, 4) is 0 Å². The fourth-order valence-corrected chi connectivity index (χ4v) is 3.96. The molecule has 0 unspecified atom stereocenters. The van der Waals surface area contributed by atoms with Gasteiger partial charge in [-0.15, -0.1) is 0 Å². The van der Waals surface area contributed by atoms with E-state index in [2.05, 4.69) is 46.5 Å². The van der Waals surface area contributed by atoms with Crippen molar-refractivity contribution in [3.63, 3.8) is 0 Å². The maximum absolute atomic E-state index is 12.7. The van der Waals surface area contributed by atoms with Crippen molar-refractivity contribution in [2.24, 2.45) is 5.11 Å². The van der Waals surface area contributed by atoms with E-state index in [9.17, 15) is 4.79 Å². The maximum atomic E-state index is 12.7. The van der Waals surface area contributed by atoms with Gasteiger partial charge in [-0.25, -0.2) is 0 Å². The average molecular weight is 369 g/mol. The Kier molecular flexibility index (Phi) is 3.84. The van der Waals surface area contributed by atoms with Crippen molar-refractivity contribution in [3.05, 3.63) is 71.4 Å². The summed E-state index contributed by atoms with van der Waals surface area (Å²) in [4.78, 5) is 18.2. The van der Waals surface area contributed by atoms with Crippen LogP contribution in [0.4, 0.5) is 0 Å². The minimum absolute atomic E-state index is 0.125. The van der Waals surface area contributed by atoms with E-state index >= 15 is 0 Å². The molecule has 0 bridgehead atoms. The average Bonchev–Trinajstić information content (AvgIpc) is 3.02. The van der Waals surface area contributed by atoms with Gasteiger partial charge in [0.15, 0.2) is 0 Å². The number of aromatic amines is 1. The summed E-state index contributed by atoms with van der Waals surface area (Å²) in [5.41, 5.74) is 1.85. The summed E-state index contributed by atoms with van der Waals surface area (Å²) in [6.07, 6.45) is 0.388. The van der Waals surface area contributed by atoms with Crippen LogP contribution >= 0.6 is 0 Å². The number of H-pyrrole nitrogens is 1. The number of carbonyl (C=O) groups is 1. The van der Waals surface area contributed by atoms with Crippen LogP contribution < -0.4 is 4.36 Å². The second kappa shape index (κ2) is 6.39. The summed E-state index contributed by atoms with van der Waals surface area (Å²) in [5, 5.41) is 11.1. The van der Waals surface area contributed by atoms with Crippen molar-refractivity contribution in [2.45, 2.75) is 6.42 Å². The summed E-state index contributed by atoms with van der Waals surface area (Å²) in [6, 6.07) is 20.6. The van der Waals surface area contributed by atoms with Gasteiger partial charge in [-0.05, 0) is 36.0 Å². The van der Waals surface area contributed by atoms with Gasteiger partial charge >= 0.3 is 5.91 Å². The Morgan fingerprint density at radius 1 is 1.00 bits per heavy atom. The van der Waals surface area contributed by atoms with Crippen molar-refractivity contribution < 1.29 is 9.16 Å². The van der Waals surface area contributed by atoms with Gasteiger partial charge < -0.3 is 9.88 Å². The molecule has 3 aromatic rings. The molecule has 0 radical (unpaired) electrons. The third-order valence-corrected chi connectivity index (χ3v) is 5.25. The first-order valence-electron chi connectivity index (χ1n) is 9.45. The van der Waals surface area contributed by atoms with Gasteiger partial charge in [-0.2, -0.15) is 0 Å². The molecule has 3 aromatic carbocycles. The molecule has 0 saturated heterocycles. The number of aromatic nitrogens is 2. The summed E-state index contributed by atoms with van der Waals surface area (Å²) in [6.45, 7) is 0.678. The molecule has 1 aliphatic carbocycles. The van der Waals surface area contributed by atoms with Gasteiger partial charge in [0, 0.05) is 34.9 Å². The molecule has 0 aromatic heterocycles. The van der Waals surface area contributed by atoms with Gasteiger partial charge in [0.05, 0.1) is 5.39 Å².